The molecule has 1 aromatic carbocycles. The molecule has 0 aliphatic heterocycles. The molecule has 1 unspecified atom stereocenters. The Kier molecular flexibility index (Phi) is 5.31. The first-order valence-corrected chi connectivity index (χ1v) is 6.66. The zero-order valence-electron chi connectivity index (χ0n) is 13.1. The number of anilines is 1. The Bertz CT molecular complexity index is 508. The number of carbonyl (C=O) groups excluding carboxylic acids is 1. The molecule has 0 bridgehead atoms. The number of hydrogen-bond acceptors (Lipinski definition) is 4. The number of nitrogens with one attached hydrogen (secondary N) is 1. The number of nitrogens with two attached hydrogens (primary N) is 1. The third kappa shape index (κ3) is 4.68. The molecule has 1 atom stereocenters. The SMILES string of the molecule is COC(C)(CN)c1ccc(NC(=O)OC(C)(C)C)cc1F. The fourth-order valence-corrected chi connectivity index (χ4v) is 1.75. The van der Waals surface area contributed by atoms with Crippen molar-refractivity contribution in [2.75, 3.05) is 19.0 Å². The van der Waals surface area contributed by atoms with Gasteiger partial charge in [-0.15, -0.1) is 0 Å². The lowest BCUT2D eigenvalue weighted by atomic mass is 9.95. The molecule has 21 heavy (non-hydrogen) atoms. The summed E-state index contributed by atoms with van der Waals surface area (Å²) in [6, 6.07) is 4.33. The molecule has 0 aliphatic rings. The van der Waals surface area contributed by atoms with E-state index in [0.29, 0.717) is 11.3 Å². The van der Waals surface area contributed by atoms with Crippen LogP contribution in [0.3, 0.4) is 0 Å². The van der Waals surface area contributed by atoms with E-state index in [-0.39, 0.29) is 6.54 Å². The fraction of sp³-hybridized carbons (Fsp3) is 0.533. The van der Waals surface area contributed by atoms with Crippen LogP contribution in [0.5, 0.6) is 0 Å². The van der Waals surface area contributed by atoms with Crippen molar-refractivity contribution in [3.8, 4) is 0 Å². The lowest BCUT2D eigenvalue weighted by Crippen LogP contribution is -2.34. The maximum Gasteiger partial charge on any atom is 0.412 e. The fourth-order valence-electron chi connectivity index (χ4n) is 1.75. The first-order chi connectivity index (χ1) is 9.61. The normalized spacial score (nSPS) is 14.4. The van der Waals surface area contributed by atoms with Crippen molar-refractivity contribution in [2.45, 2.75) is 38.9 Å². The average molecular weight is 298 g/mol. The summed E-state index contributed by atoms with van der Waals surface area (Å²) in [5, 5.41) is 2.48. The number of carbonyl (C=O) groups is 1. The van der Waals surface area contributed by atoms with Crippen LogP contribution in [0, 0.1) is 5.82 Å². The van der Waals surface area contributed by atoms with E-state index in [9.17, 15) is 9.18 Å². The molecule has 118 valence electrons. The summed E-state index contributed by atoms with van der Waals surface area (Å²) in [6.45, 7) is 7.09. The molecule has 0 saturated carbocycles. The van der Waals surface area contributed by atoms with Crippen LogP contribution in [0.1, 0.15) is 33.3 Å². The molecule has 0 saturated heterocycles. The quantitative estimate of drug-likeness (QED) is 0.896. The zero-order chi connectivity index (χ0) is 16.3. The topological polar surface area (TPSA) is 73.6 Å². The Balaban J connectivity index is 2.91. The van der Waals surface area contributed by atoms with Gasteiger partial charge < -0.3 is 15.2 Å². The molecule has 0 spiro atoms. The molecule has 0 aromatic heterocycles. The van der Waals surface area contributed by atoms with Gasteiger partial charge >= 0.3 is 6.09 Å². The number of hydrogen-bond donors (Lipinski definition) is 2. The number of methoxy groups -OCH3 is 1. The minimum absolute atomic E-state index is 0.138. The summed E-state index contributed by atoms with van der Waals surface area (Å²) in [7, 11) is 1.47. The number of benzene rings is 1. The van der Waals surface area contributed by atoms with Crippen LogP contribution in [0.4, 0.5) is 14.9 Å². The molecule has 0 aliphatic carbocycles. The first-order valence-electron chi connectivity index (χ1n) is 6.66. The van der Waals surface area contributed by atoms with Gasteiger partial charge in [0.2, 0.25) is 0 Å². The van der Waals surface area contributed by atoms with E-state index < -0.39 is 23.1 Å². The third-order valence-corrected chi connectivity index (χ3v) is 3.02. The van der Waals surface area contributed by atoms with Gasteiger partial charge in [0.25, 0.3) is 0 Å². The Hall–Kier alpha value is -1.66. The molecule has 1 aromatic rings. The largest absolute Gasteiger partial charge is 0.444 e. The van der Waals surface area contributed by atoms with E-state index in [4.69, 9.17) is 15.2 Å². The standard InChI is InChI=1S/C15H23FN2O3/c1-14(2,3)21-13(19)18-10-6-7-11(12(16)8-10)15(4,9-17)20-5/h6-8H,9,17H2,1-5H3,(H,18,19). The Labute approximate surface area is 124 Å². The molecule has 0 fully saturated rings. The highest BCUT2D eigenvalue weighted by molar-refractivity contribution is 5.84. The van der Waals surface area contributed by atoms with Crippen LogP contribution in [-0.4, -0.2) is 25.3 Å². The van der Waals surface area contributed by atoms with Crippen molar-refractivity contribution >= 4 is 11.8 Å². The van der Waals surface area contributed by atoms with Gasteiger partial charge in [-0.25, -0.2) is 9.18 Å². The second-order valence-electron chi connectivity index (χ2n) is 5.96. The maximum absolute atomic E-state index is 14.2. The molecular weight excluding hydrogens is 275 g/mol. The lowest BCUT2D eigenvalue weighted by Gasteiger charge is -2.27. The van der Waals surface area contributed by atoms with Crippen molar-refractivity contribution < 1.29 is 18.7 Å². The summed E-state index contributed by atoms with van der Waals surface area (Å²) in [6.07, 6.45) is -0.636. The van der Waals surface area contributed by atoms with Crippen LogP contribution < -0.4 is 11.1 Å². The van der Waals surface area contributed by atoms with Crippen LogP contribution in [0.15, 0.2) is 18.2 Å². The Morgan fingerprint density at radius 3 is 2.38 bits per heavy atom. The monoisotopic (exact) mass is 298 g/mol. The van der Waals surface area contributed by atoms with E-state index >= 15 is 0 Å². The molecule has 3 N–H and O–H groups in total. The van der Waals surface area contributed by atoms with Crippen LogP contribution in [0.2, 0.25) is 0 Å². The maximum atomic E-state index is 14.2. The highest BCUT2D eigenvalue weighted by atomic mass is 19.1. The molecular formula is C15H23FN2O3. The number of ether oxygens (including phenoxy) is 2. The Morgan fingerprint density at radius 2 is 1.95 bits per heavy atom. The second-order valence-corrected chi connectivity index (χ2v) is 5.96. The first kappa shape index (κ1) is 17.4. The van der Waals surface area contributed by atoms with Gasteiger partial charge in [0.1, 0.15) is 17.0 Å². The van der Waals surface area contributed by atoms with E-state index in [1.807, 2.05) is 0 Å². The third-order valence-electron chi connectivity index (χ3n) is 3.02. The van der Waals surface area contributed by atoms with Gasteiger partial charge in [-0.2, -0.15) is 0 Å². The van der Waals surface area contributed by atoms with E-state index in [2.05, 4.69) is 5.32 Å². The number of halogens is 1. The summed E-state index contributed by atoms with van der Waals surface area (Å²) in [5.74, 6) is -0.502. The van der Waals surface area contributed by atoms with E-state index in [0.717, 1.165) is 0 Å². The summed E-state index contributed by atoms with van der Waals surface area (Å²) >= 11 is 0. The number of rotatable bonds is 4. The van der Waals surface area contributed by atoms with E-state index in [1.54, 1.807) is 39.8 Å². The Morgan fingerprint density at radius 1 is 1.33 bits per heavy atom. The second kappa shape index (κ2) is 6.41. The van der Waals surface area contributed by atoms with Crippen LogP contribution in [-0.2, 0) is 15.1 Å². The summed E-state index contributed by atoms with van der Waals surface area (Å²) in [4.78, 5) is 11.6. The van der Waals surface area contributed by atoms with Gasteiger partial charge in [-0.1, -0.05) is 6.07 Å². The predicted molar refractivity (Wildman–Crippen MR) is 79.7 cm³/mol. The zero-order valence-corrected chi connectivity index (χ0v) is 13.1. The molecule has 5 nitrogen and oxygen atoms in total. The van der Waals surface area contributed by atoms with Crippen molar-refractivity contribution in [3.63, 3.8) is 0 Å². The minimum Gasteiger partial charge on any atom is -0.444 e. The van der Waals surface area contributed by atoms with Crippen molar-refractivity contribution in [2.24, 2.45) is 5.73 Å². The average Bonchev–Trinajstić information content (AvgIpc) is 2.35. The molecule has 0 radical (unpaired) electrons. The number of amides is 1. The van der Waals surface area contributed by atoms with Crippen molar-refractivity contribution in [1.82, 2.24) is 0 Å². The van der Waals surface area contributed by atoms with Gasteiger partial charge in [0.15, 0.2) is 0 Å². The highest BCUT2D eigenvalue weighted by Gasteiger charge is 2.28. The highest BCUT2D eigenvalue weighted by Crippen LogP contribution is 2.28. The van der Waals surface area contributed by atoms with Gasteiger partial charge in [0, 0.05) is 24.9 Å². The molecule has 0 heterocycles. The van der Waals surface area contributed by atoms with Gasteiger partial charge in [0.05, 0.1) is 0 Å². The predicted octanol–water partition coefficient (Wildman–Crippen LogP) is 2.99. The van der Waals surface area contributed by atoms with Crippen molar-refractivity contribution in [1.29, 1.82) is 0 Å². The van der Waals surface area contributed by atoms with Crippen LogP contribution in [0.25, 0.3) is 0 Å². The van der Waals surface area contributed by atoms with Gasteiger partial charge in [-0.3, -0.25) is 5.32 Å². The molecule has 1 amide bonds. The summed E-state index contributed by atoms with van der Waals surface area (Å²) in [5.41, 5.74) is 4.74. The summed E-state index contributed by atoms with van der Waals surface area (Å²) < 4.78 is 24.5. The van der Waals surface area contributed by atoms with Gasteiger partial charge in [-0.05, 0) is 39.8 Å². The van der Waals surface area contributed by atoms with Crippen LogP contribution >= 0.6 is 0 Å². The molecule has 1 rings (SSSR count). The minimum atomic E-state index is -0.908. The van der Waals surface area contributed by atoms with Crippen molar-refractivity contribution in [3.05, 3.63) is 29.6 Å². The van der Waals surface area contributed by atoms with E-state index in [1.165, 1.54) is 13.2 Å². The molecule has 6 heteroatoms. The smallest absolute Gasteiger partial charge is 0.412 e. The lowest BCUT2D eigenvalue weighted by molar-refractivity contribution is 0.00719.